The van der Waals surface area contributed by atoms with Gasteiger partial charge in [0.25, 0.3) is 0 Å². The summed E-state index contributed by atoms with van der Waals surface area (Å²) in [6.07, 6.45) is 0. The molecule has 0 atom stereocenters. The lowest BCUT2D eigenvalue weighted by molar-refractivity contribution is 1.16. The molecule has 2 aromatic rings. The van der Waals surface area contributed by atoms with E-state index in [1.807, 2.05) is 43.3 Å². The van der Waals surface area contributed by atoms with Crippen LogP contribution in [0.5, 0.6) is 0 Å². The van der Waals surface area contributed by atoms with Crippen molar-refractivity contribution in [3.8, 4) is 0 Å². The SMILES string of the molecule is CCNc1cccc(Nc2cc(Br)ccc2Cl)n1. The maximum Gasteiger partial charge on any atom is 0.132 e. The lowest BCUT2D eigenvalue weighted by Gasteiger charge is -2.09. The van der Waals surface area contributed by atoms with Gasteiger partial charge in [0.05, 0.1) is 10.7 Å². The van der Waals surface area contributed by atoms with E-state index < -0.39 is 0 Å². The minimum atomic E-state index is 0.661. The van der Waals surface area contributed by atoms with Crippen LogP contribution < -0.4 is 10.6 Å². The Morgan fingerprint density at radius 1 is 1.22 bits per heavy atom. The minimum Gasteiger partial charge on any atom is -0.370 e. The molecule has 0 saturated carbocycles. The molecule has 5 heteroatoms. The second-order valence-electron chi connectivity index (χ2n) is 3.69. The molecular weight excluding hydrogens is 314 g/mol. The second-order valence-corrected chi connectivity index (χ2v) is 5.01. The summed E-state index contributed by atoms with van der Waals surface area (Å²) in [6, 6.07) is 11.4. The molecular formula is C13H13BrClN3. The van der Waals surface area contributed by atoms with Gasteiger partial charge in [-0.05, 0) is 37.3 Å². The Balaban J connectivity index is 2.22. The maximum atomic E-state index is 6.12. The molecule has 1 aromatic carbocycles. The molecule has 0 spiro atoms. The summed E-state index contributed by atoms with van der Waals surface area (Å²) in [5.41, 5.74) is 0.826. The van der Waals surface area contributed by atoms with Gasteiger partial charge in [-0.3, -0.25) is 0 Å². The molecule has 0 amide bonds. The summed E-state index contributed by atoms with van der Waals surface area (Å²) in [4.78, 5) is 4.43. The molecule has 1 heterocycles. The summed E-state index contributed by atoms with van der Waals surface area (Å²) < 4.78 is 0.970. The summed E-state index contributed by atoms with van der Waals surface area (Å²) in [6.45, 7) is 2.88. The van der Waals surface area contributed by atoms with Crippen LogP contribution in [0.25, 0.3) is 0 Å². The summed E-state index contributed by atoms with van der Waals surface area (Å²) >= 11 is 9.54. The van der Waals surface area contributed by atoms with Gasteiger partial charge in [-0.15, -0.1) is 0 Å². The van der Waals surface area contributed by atoms with E-state index in [1.54, 1.807) is 0 Å². The number of nitrogens with one attached hydrogen (secondary N) is 2. The minimum absolute atomic E-state index is 0.661. The number of hydrogen-bond acceptors (Lipinski definition) is 3. The van der Waals surface area contributed by atoms with E-state index in [0.29, 0.717) is 5.02 Å². The number of hydrogen-bond donors (Lipinski definition) is 2. The molecule has 2 N–H and O–H groups in total. The van der Waals surface area contributed by atoms with Gasteiger partial charge in [-0.25, -0.2) is 4.98 Å². The molecule has 18 heavy (non-hydrogen) atoms. The van der Waals surface area contributed by atoms with E-state index in [9.17, 15) is 0 Å². The van der Waals surface area contributed by atoms with Gasteiger partial charge in [0.15, 0.2) is 0 Å². The van der Waals surface area contributed by atoms with Crippen molar-refractivity contribution in [2.24, 2.45) is 0 Å². The predicted octanol–water partition coefficient (Wildman–Crippen LogP) is 4.67. The molecule has 0 aliphatic carbocycles. The Bertz CT molecular complexity index is 546. The second kappa shape index (κ2) is 6.07. The third-order valence-electron chi connectivity index (χ3n) is 2.30. The highest BCUT2D eigenvalue weighted by atomic mass is 79.9. The third kappa shape index (κ3) is 3.37. The molecule has 0 aliphatic rings. The van der Waals surface area contributed by atoms with Gasteiger partial charge in [-0.2, -0.15) is 0 Å². The van der Waals surface area contributed by atoms with Crippen LogP contribution in [0.4, 0.5) is 17.3 Å². The van der Waals surface area contributed by atoms with Gasteiger partial charge < -0.3 is 10.6 Å². The van der Waals surface area contributed by atoms with Crippen molar-refractivity contribution in [2.75, 3.05) is 17.2 Å². The highest BCUT2D eigenvalue weighted by Gasteiger charge is 2.03. The van der Waals surface area contributed by atoms with Crippen molar-refractivity contribution in [2.45, 2.75) is 6.92 Å². The Morgan fingerprint density at radius 2 is 2.00 bits per heavy atom. The number of pyridine rings is 1. The maximum absolute atomic E-state index is 6.12. The fourth-order valence-electron chi connectivity index (χ4n) is 1.52. The molecule has 3 nitrogen and oxygen atoms in total. The average Bonchev–Trinajstić information content (AvgIpc) is 2.35. The van der Waals surface area contributed by atoms with Gasteiger partial charge in [0, 0.05) is 11.0 Å². The fraction of sp³-hybridized carbons (Fsp3) is 0.154. The van der Waals surface area contributed by atoms with Crippen molar-refractivity contribution in [3.05, 3.63) is 45.9 Å². The molecule has 0 bridgehead atoms. The highest BCUT2D eigenvalue weighted by molar-refractivity contribution is 9.10. The van der Waals surface area contributed by atoms with Crippen molar-refractivity contribution in [3.63, 3.8) is 0 Å². The first kappa shape index (κ1) is 13.2. The number of rotatable bonds is 4. The monoisotopic (exact) mass is 325 g/mol. The van der Waals surface area contributed by atoms with Gasteiger partial charge in [0.2, 0.25) is 0 Å². The molecule has 0 fully saturated rings. The first-order valence-electron chi connectivity index (χ1n) is 5.62. The van der Waals surface area contributed by atoms with E-state index in [2.05, 4.69) is 31.5 Å². The number of anilines is 3. The van der Waals surface area contributed by atoms with Crippen molar-refractivity contribution in [1.82, 2.24) is 4.98 Å². The Morgan fingerprint density at radius 3 is 2.78 bits per heavy atom. The molecule has 0 saturated heterocycles. The van der Waals surface area contributed by atoms with Crippen LogP contribution in [0, 0.1) is 0 Å². The first-order valence-corrected chi connectivity index (χ1v) is 6.79. The van der Waals surface area contributed by atoms with E-state index in [-0.39, 0.29) is 0 Å². The summed E-state index contributed by atoms with van der Waals surface area (Å²) in [7, 11) is 0. The summed E-state index contributed by atoms with van der Waals surface area (Å²) in [5.74, 6) is 1.60. The van der Waals surface area contributed by atoms with E-state index in [0.717, 1.165) is 28.3 Å². The average molecular weight is 327 g/mol. The number of aromatic nitrogens is 1. The lowest BCUT2D eigenvalue weighted by Crippen LogP contribution is -2.01. The number of halogens is 2. The normalized spacial score (nSPS) is 10.2. The van der Waals surface area contributed by atoms with Crippen LogP contribution in [0.3, 0.4) is 0 Å². The largest absolute Gasteiger partial charge is 0.370 e. The van der Waals surface area contributed by atoms with Crippen LogP contribution in [-0.4, -0.2) is 11.5 Å². The highest BCUT2D eigenvalue weighted by Crippen LogP contribution is 2.28. The van der Waals surface area contributed by atoms with Crippen molar-refractivity contribution >= 4 is 44.9 Å². The molecule has 0 radical (unpaired) electrons. The van der Waals surface area contributed by atoms with E-state index in [4.69, 9.17) is 11.6 Å². The topological polar surface area (TPSA) is 37.0 Å². The lowest BCUT2D eigenvalue weighted by atomic mass is 10.3. The van der Waals surface area contributed by atoms with Crippen molar-refractivity contribution < 1.29 is 0 Å². The predicted molar refractivity (Wildman–Crippen MR) is 80.8 cm³/mol. The van der Waals surface area contributed by atoms with E-state index in [1.165, 1.54) is 0 Å². The zero-order valence-electron chi connectivity index (χ0n) is 9.87. The Kier molecular flexibility index (Phi) is 4.44. The molecule has 1 aromatic heterocycles. The smallest absolute Gasteiger partial charge is 0.132 e. The molecule has 0 aliphatic heterocycles. The van der Waals surface area contributed by atoms with Crippen LogP contribution in [0.2, 0.25) is 5.02 Å². The van der Waals surface area contributed by atoms with Crippen LogP contribution >= 0.6 is 27.5 Å². The number of benzene rings is 1. The number of nitrogens with zero attached hydrogens (tertiary/aromatic N) is 1. The quantitative estimate of drug-likeness (QED) is 0.857. The molecule has 0 unspecified atom stereocenters. The van der Waals surface area contributed by atoms with Gasteiger partial charge in [-0.1, -0.05) is 33.6 Å². The van der Waals surface area contributed by atoms with Gasteiger partial charge in [0.1, 0.15) is 11.6 Å². The van der Waals surface area contributed by atoms with Crippen LogP contribution in [-0.2, 0) is 0 Å². The Labute approximate surface area is 120 Å². The van der Waals surface area contributed by atoms with E-state index >= 15 is 0 Å². The first-order chi connectivity index (χ1) is 8.69. The fourth-order valence-corrected chi connectivity index (χ4v) is 2.04. The standard InChI is InChI=1S/C13H13BrClN3/c1-2-16-12-4-3-5-13(18-12)17-11-8-9(14)6-7-10(11)15/h3-8H,2H2,1H3,(H2,16,17,18). The van der Waals surface area contributed by atoms with Gasteiger partial charge >= 0.3 is 0 Å². The van der Waals surface area contributed by atoms with Crippen LogP contribution in [0.15, 0.2) is 40.9 Å². The molecule has 2 rings (SSSR count). The summed E-state index contributed by atoms with van der Waals surface area (Å²) in [5, 5.41) is 7.03. The molecule has 94 valence electrons. The zero-order valence-corrected chi connectivity index (χ0v) is 12.2. The van der Waals surface area contributed by atoms with Crippen molar-refractivity contribution in [1.29, 1.82) is 0 Å². The van der Waals surface area contributed by atoms with Crippen LogP contribution in [0.1, 0.15) is 6.92 Å². The Hall–Kier alpha value is -1.26. The zero-order chi connectivity index (χ0) is 13.0. The third-order valence-corrected chi connectivity index (χ3v) is 3.12.